The van der Waals surface area contributed by atoms with Crippen LogP contribution in [0.3, 0.4) is 0 Å². The lowest BCUT2D eigenvalue weighted by Crippen LogP contribution is -2.47. The SMILES string of the molecule is C=CC(=O)CCc1cc2c(cn1)CN(c1c(Cl)c(OC)cc(OC)c1Cl)C(=O)N2CC. The number of urea groups is 1. The Bertz CT molecular complexity index is 1010. The molecule has 164 valence electrons. The third-order valence-electron chi connectivity index (χ3n) is 5.09. The van der Waals surface area contributed by atoms with Crippen LogP contribution >= 0.6 is 23.2 Å². The van der Waals surface area contributed by atoms with Crippen molar-refractivity contribution in [3.05, 3.63) is 52.3 Å². The summed E-state index contributed by atoms with van der Waals surface area (Å²) in [7, 11) is 2.96. The molecule has 0 radical (unpaired) electrons. The number of methoxy groups -OCH3 is 2. The van der Waals surface area contributed by atoms with Crippen molar-refractivity contribution in [3.8, 4) is 11.5 Å². The summed E-state index contributed by atoms with van der Waals surface area (Å²) in [6, 6.07) is 3.14. The molecule has 1 aromatic heterocycles. The van der Waals surface area contributed by atoms with Gasteiger partial charge in [0.1, 0.15) is 21.5 Å². The van der Waals surface area contributed by atoms with E-state index in [2.05, 4.69) is 11.6 Å². The minimum absolute atomic E-state index is 0.0506. The molecule has 0 spiro atoms. The first-order chi connectivity index (χ1) is 14.9. The minimum Gasteiger partial charge on any atom is -0.495 e. The van der Waals surface area contributed by atoms with Gasteiger partial charge in [-0.1, -0.05) is 29.8 Å². The van der Waals surface area contributed by atoms with E-state index in [1.165, 1.54) is 25.2 Å². The van der Waals surface area contributed by atoms with E-state index in [0.29, 0.717) is 36.6 Å². The zero-order chi connectivity index (χ0) is 22.7. The van der Waals surface area contributed by atoms with Gasteiger partial charge < -0.3 is 9.47 Å². The van der Waals surface area contributed by atoms with Gasteiger partial charge in [0, 0.05) is 36.5 Å². The predicted molar refractivity (Wildman–Crippen MR) is 122 cm³/mol. The van der Waals surface area contributed by atoms with Crippen molar-refractivity contribution in [2.24, 2.45) is 0 Å². The molecule has 0 unspecified atom stereocenters. The Morgan fingerprint density at radius 2 is 1.87 bits per heavy atom. The first-order valence-corrected chi connectivity index (χ1v) is 10.4. The molecular formula is C22H23Cl2N3O4. The van der Waals surface area contributed by atoms with Crippen LogP contribution in [0.15, 0.2) is 31.0 Å². The number of ketones is 1. The number of allylic oxidation sites excluding steroid dienone is 1. The van der Waals surface area contributed by atoms with Crippen molar-refractivity contribution in [1.82, 2.24) is 4.98 Å². The zero-order valence-corrected chi connectivity index (χ0v) is 19.1. The number of anilines is 2. The van der Waals surface area contributed by atoms with Crippen LogP contribution in [0.2, 0.25) is 10.0 Å². The van der Waals surface area contributed by atoms with Crippen molar-refractivity contribution < 1.29 is 19.1 Å². The summed E-state index contributed by atoms with van der Waals surface area (Å²) in [5, 5.41) is 0.433. The highest BCUT2D eigenvalue weighted by Crippen LogP contribution is 2.48. The number of ether oxygens (including phenoxy) is 2. The van der Waals surface area contributed by atoms with E-state index in [0.717, 1.165) is 16.9 Å². The number of hydrogen-bond donors (Lipinski definition) is 0. The standard InChI is InChI=1S/C22H23Cl2N3O4/c1-5-15(28)8-7-14-9-16-13(11-25-14)12-27(22(29)26(16)6-2)21-19(23)17(30-3)10-18(31-4)20(21)24/h5,9-11H,1,6-8,12H2,2-4H3. The van der Waals surface area contributed by atoms with Gasteiger partial charge in [-0.3, -0.25) is 19.6 Å². The molecule has 0 saturated carbocycles. The van der Waals surface area contributed by atoms with Gasteiger partial charge in [0.15, 0.2) is 5.78 Å². The molecule has 0 aliphatic carbocycles. The van der Waals surface area contributed by atoms with E-state index in [-0.39, 0.29) is 28.4 Å². The number of pyridine rings is 1. The molecule has 3 rings (SSSR count). The van der Waals surface area contributed by atoms with Crippen LogP contribution in [0.25, 0.3) is 0 Å². The number of carbonyl (C=O) groups is 2. The number of nitrogens with zero attached hydrogens (tertiary/aromatic N) is 3. The number of benzene rings is 1. The summed E-state index contributed by atoms with van der Waals surface area (Å²) in [5.74, 6) is 0.644. The Balaban J connectivity index is 2.04. The van der Waals surface area contributed by atoms with Crippen LogP contribution in [0.4, 0.5) is 16.2 Å². The molecule has 1 aliphatic rings. The van der Waals surface area contributed by atoms with Crippen molar-refractivity contribution in [2.45, 2.75) is 26.3 Å². The lowest BCUT2D eigenvalue weighted by atomic mass is 10.1. The highest BCUT2D eigenvalue weighted by molar-refractivity contribution is 6.42. The van der Waals surface area contributed by atoms with E-state index in [9.17, 15) is 9.59 Å². The van der Waals surface area contributed by atoms with Crippen LogP contribution in [0.1, 0.15) is 24.6 Å². The summed E-state index contributed by atoms with van der Waals surface area (Å²) in [6.45, 7) is 6.01. The quantitative estimate of drug-likeness (QED) is 0.511. The fourth-order valence-corrected chi connectivity index (χ4v) is 4.16. The Hall–Kier alpha value is -2.77. The predicted octanol–water partition coefficient (Wildman–Crippen LogP) is 5.06. The third kappa shape index (κ3) is 4.34. The number of hydrogen-bond acceptors (Lipinski definition) is 5. The van der Waals surface area contributed by atoms with Gasteiger partial charge in [0.2, 0.25) is 0 Å². The second-order valence-corrected chi connectivity index (χ2v) is 7.60. The number of fused-ring (bicyclic) bond motifs is 1. The number of amides is 2. The summed E-state index contributed by atoms with van der Waals surface area (Å²) in [4.78, 5) is 32.5. The molecule has 1 aromatic carbocycles. The molecular weight excluding hydrogens is 441 g/mol. The van der Waals surface area contributed by atoms with Gasteiger partial charge in [-0.2, -0.15) is 0 Å². The number of rotatable bonds is 8. The third-order valence-corrected chi connectivity index (χ3v) is 5.82. The number of aromatic nitrogens is 1. The van der Waals surface area contributed by atoms with Gasteiger partial charge in [-0.15, -0.1) is 0 Å². The Labute approximate surface area is 191 Å². The van der Waals surface area contributed by atoms with Crippen molar-refractivity contribution in [1.29, 1.82) is 0 Å². The van der Waals surface area contributed by atoms with Crippen molar-refractivity contribution >= 4 is 46.4 Å². The fraction of sp³-hybridized carbons (Fsp3) is 0.318. The highest BCUT2D eigenvalue weighted by atomic mass is 35.5. The second kappa shape index (κ2) is 9.58. The number of aryl methyl sites for hydroxylation is 1. The average molecular weight is 464 g/mol. The maximum atomic E-state index is 13.4. The molecule has 31 heavy (non-hydrogen) atoms. The maximum absolute atomic E-state index is 13.4. The Kier molecular flexibility index (Phi) is 7.08. The van der Waals surface area contributed by atoms with Gasteiger partial charge in [-0.05, 0) is 25.5 Å². The van der Waals surface area contributed by atoms with E-state index >= 15 is 0 Å². The van der Waals surface area contributed by atoms with Gasteiger partial charge in [-0.25, -0.2) is 4.79 Å². The largest absolute Gasteiger partial charge is 0.495 e. The van der Waals surface area contributed by atoms with Gasteiger partial charge >= 0.3 is 6.03 Å². The number of carbonyl (C=O) groups excluding carboxylic acids is 2. The van der Waals surface area contributed by atoms with E-state index in [1.54, 1.807) is 17.2 Å². The molecule has 0 N–H and O–H groups in total. The lowest BCUT2D eigenvalue weighted by Gasteiger charge is -2.37. The minimum atomic E-state index is -0.284. The average Bonchev–Trinajstić information content (AvgIpc) is 2.78. The maximum Gasteiger partial charge on any atom is 0.329 e. The summed E-state index contributed by atoms with van der Waals surface area (Å²) >= 11 is 13.1. The summed E-state index contributed by atoms with van der Waals surface area (Å²) in [5.41, 5.74) is 2.62. The van der Waals surface area contributed by atoms with E-state index in [1.807, 2.05) is 13.0 Å². The summed E-state index contributed by atoms with van der Waals surface area (Å²) in [6.07, 6.45) is 3.80. The van der Waals surface area contributed by atoms with Gasteiger partial charge in [0.25, 0.3) is 0 Å². The van der Waals surface area contributed by atoms with Crippen LogP contribution in [-0.4, -0.2) is 37.6 Å². The Morgan fingerprint density at radius 1 is 1.23 bits per heavy atom. The molecule has 9 heteroatoms. The van der Waals surface area contributed by atoms with Crippen LogP contribution in [-0.2, 0) is 17.8 Å². The molecule has 0 atom stereocenters. The molecule has 2 amide bonds. The first-order valence-electron chi connectivity index (χ1n) is 9.68. The van der Waals surface area contributed by atoms with Crippen molar-refractivity contribution in [2.75, 3.05) is 30.6 Å². The first kappa shape index (κ1) is 22.9. The smallest absolute Gasteiger partial charge is 0.329 e. The zero-order valence-electron chi connectivity index (χ0n) is 17.6. The van der Waals surface area contributed by atoms with Gasteiger partial charge in [0.05, 0.1) is 32.1 Å². The normalized spacial score (nSPS) is 13.1. The molecule has 1 aliphatic heterocycles. The number of halogens is 2. The second-order valence-electron chi connectivity index (χ2n) is 6.85. The Morgan fingerprint density at radius 3 is 2.42 bits per heavy atom. The highest BCUT2D eigenvalue weighted by Gasteiger charge is 2.35. The monoisotopic (exact) mass is 463 g/mol. The van der Waals surface area contributed by atoms with Crippen LogP contribution in [0, 0.1) is 0 Å². The molecule has 2 aromatic rings. The van der Waals surface area contributed by atoms with E-state index < -0.39 is 0 Å². The molecule has 0 saturated heterocycles. The topological polar surface area (TPSA) is 72.0 Å². The van der Waals surface area contributed by atoms with Crippen molar-refractivity contribution in [3.63, 3.8) is 0 Å². The molecule has 0 fully saturated rings. The summed E-state index contributed by atoms with van der Waals surface area (Å²) < 4.78 is 10.7. The fourth-order valence-electron chi connectivity index (χ4n) is 3.45. The van der Waals surface area contributed by atoms with Crippen LogP contribution in [0.5, 0.6) is 11.5 Å². The molecule has 2 heterocycles. The molecule has 0 bridgehead atoms. The van der Waals surface area contributed by atoms with Crippen LogP contribution < -0.4 is 19.3 Å². The lowest BCUT2D eigenvalue weighted by molar-refractivity contribution is -0.114. The molecule has 7 nitrogen and oxygen atoms in total. The van der Waals surface area contributed by atoms with E-state index in [4.69, 9.17) is 32.7 Å².